The fourth-order valence-corrected chi connectivity index (χ4v) is 2.48. The van der Waals surface area contributed by atoms with E-state index in [1.807, 2.05) is 6.07 Å². The zero-order valence-corrected chi connectivity index (χ0v) is 11.1. The highest BCUT2D eigenvalue weighted by Crippen LogP contribution is 2.22. The van der Waals surface area contributed by atoms with Gasteiger partial charge in [-0.25, -0.2) is 0 Å². The first-order chi connectivity index (χ1) is 9.70. The van der Waals surface area contributed by atoms with Crippen molar-refractivity contribution < 1.29 is 9.53 Å². The minimum Gasteiger partial charge on any atom is -0.496 e. The number of nitrogens with zero attached hydrogens (tertiary/aromatic N) is 1. The second-order valence-corrected chi connectivity index (χ2v) is 4.71. The summed E-state index contributed by atoms with van der Waals surface area (Å²) in [5, 5.41) is 5.41. The average Bonchev–Trinajstić information content (AvgIpc) is 2.87. The Labute approximate surface area is 115 Å². The SMILES string of the molecule is COc1ccccc1C(=O)N1CCc2[nH][nH]c(=O)c2C1. The van der Waals surface area contributed by atoms with Crippen LogP contribution in [0.1, 0.15) is 21.6 Å². The van der Waals surface area contributed by atoms with Crippen molar-refractivity contribution in [1.29, 1.82) is 0 Å². The van der Waals surface area contributed by atoms with Crippen LogP contribution in [0.15, 0.2) is 29.1 Å². The Morgan fingerprint density at radius 2 is 2.10 bits per heavy atom. The lowest BCUT2D eigenvalue weighted by molar-refractivity contribution is 0.0730. The number of hydrogen-bond donors (Lipinski definition) is 2. The van der Waals surface area contributed by atoms with E-state index in [-0.39, 0.29) is 11.5 Å². The zero-order chi connectivity index (χ0) is 14.1. The van der Waals surface area contributed by atoms with E-state index >= 15 is 0 Å². The molecule has 0 bridgehead atoms. The van der Waals surface area contributed by atoms with Crippen LogP contribution in [0.5, 0.6) is 5.75 Å². The van der Waals surface area contributed by atoms with E-state index in [1.165, 1.54) is 7.11 Å². The molecule has 0 spiro atoms. The monoisotopic (exact) mass is 273 g/mol. The second kappa shape index (κ2) is 4.88. The van der Waals surface area contributed by atoms with Crippen molar-refractivity contribution in [2.24, 2.45) is 0 Å². The van der Waals surface area contributed by atoms with E-state index in [0.29, 0.717) is 36.4 Å². The minimum absolute atomic E-state index is 0.117. The van der Waals surface area contributed by atoms with Crippen LogP contribution in [0.3, 0.4) is 0 Å². The number of hydrogen-bond acceptors (Lipinski definition) is 3. The Bertz CT molecular complexity index is 702. The van der Waals surface area contributed by atoms with E-state index in [0.717, 1.165) is 5.69 Å². The van der Waals surface area contributed by atoms with Gasteiger partial charge < -0.3 is 14.7 Å². The van der Waals surface area contributed by atoms with Crippen LogP contribution >= 0.6 is 0 Å². The summed E-state index contributed by atoms with van der Waals surface area (Å²) in [7, 11) is 1.54. The molecule has 3 rings (SSSR count). The third-order valence-corrected chi connectivity index (χ3v) is 3.57. The van der Waals surface area contributed by atoms with Crippen molar-refractivity contribution >= 4 is 5.91 Å². The summed E-state index contributed by atoms with van der Waals surface area (Å²) in [5.41, 5.74) is 1.89. The molecule has 0 unspecified atom stereocenters. The molecule has 2 aromatic rings. The maximum Gasteiger partial charge on any atom is 0.269 e. The lowest BCUT2D eigenvalue weighted by Crippen LogP contribution is -2.37. The third kappa shape index (κ3) is 1.99. The fraction of sp³-hybridized carbons (Fsp3) is 0.286. The Hall–Kier alpha value is -2.50. The molecule has 0 saturated carbocycles. The highest BCUT2D eigenvalue weighted by molar-refractivity contribution is 5.97. The summed E-state index contributed by atoms with van der Waals surface area (Å²) in [5.74, 6) is 0.431. The van der Waals surface area contributed by atoms with Crippen LogP contribution in [0.25, 0.3) is 0 Å². The highest BCUT2D eigenvalue weighted by atomic mass is 16.5. The number of amides is 1. The van der Waals surface area contributed by atoms with Crippen LogP contribution in [-0.2, 0) is 13.0 Å². The van der Waals surface area contributed by atoms with Gasteiger partial charge in [-0.05, 0) is 12.1 Å². The molecule has 1 aliphatic heterocycles. The molecule has 1 aromatic heterocycles. The molecule has 6 nitrogen and oxygen atoms in total. The molecule has 20 heavy (non-hydrogen) atoms. The van der Waals surface area contributed by atoms with Crippen LogP contribution < -0.4 is 10.3 Å². The molecule has 1 amide bonds. The van der Waals surface area contributed by atoms with Crippen molar-refractivity contribution in [2.75, 3.05) is 13.7 Å². The van der Waals surface area contributed by atoms with Gasteiger partial charge in [0, 0.05) is 18.7 Å². The quantitative estimate of drug-likeness (QED) is 0.853. The van der Waals surface area contributed by atoms with Crippen molar-refractivity contribution in [1.82, 2.24) is 15.1 Å². The predicted molar refractivity (Wildman–Crippen MR) is 72.9 cm³/mol. The van der Waals surface area contributed by atoms with E-state index in [4.69, 9.17) is 4.74 Å². The van der Waals surface area contributed by atoms with Crippen LogP contribution in [0.2, 0.25) is 0 Å². The Morgan fingerprint density at radius 3 is 2.90 bits per heavy atom. The van der Waals surface area contributed by atoms with Gasteiger partial charge in [0.1, 0.15) is 5.75 Å². The van der Waals surface area contributed by atoms with E-state index in [2.05, 4.69) is 10.2 Å². The summed E-state index contributed by atoms with van der Waals surface area (Å²) in [4.78, 5) is 25.9. The molecule has 0 atom stereocenters. The van der Waals surface area contributed by atoms with Gasteiger partial charge in [-0.15, -0.1) is 0 Å². The number of aromatic nitrogens is 2. The van der Waals surface area contributed by atoms with Gasteiger partial charge in [0.2, 0.25) is 0 Å². The number of carbonyl (C=O) groups is 1. The van der Waals surface area contributed by atoms with Crippen molar-refractivity contribution in [2.45, 2.75) is 13.0 Å². The number of H-pyrrole nitrogens is 2. The number of carbonyl (C=O) groups excluding carboxylic acids is 1. The van der Waals surface area contributed by atoms with Gasteiger partial charge in [0.15, 0.2) is 0 Å². The van der Waals surface area contributed by atoms with E-state index in [1.54, 1.807) is 23.1 Å². The van der Waals surface area contributed by atoms with Crippen molar-refractivity contribution in [3.8, 4) is 5.75 Å². The Morgan fingerprint density at radius 1 is 1.30 bits per heavy atom. The molecule has 2 N–H and O–H groups in total. The molecule has 1 aromatic carbocycles. The van der Waals surface area contributed by atoms with Gasteiger partial charge in [0.05, 0.1) is 24.8 Å². The van der Waals surface area contributed by atoms with Crippen molar-refractivity contribution in [3.05, 3.63) is 51.4 Å². The Balaban J connectivity index is 1.89. The average molecular weight is 273 g/mol. The van der Waals surface area contributed by atoms with Crippen LogP contribution in [0, 0.1) is 0 Å². The number of rotatable bonds is 2. The first-order valence-corrected chi connectivity index (χ1v) is 6.41. The number of benzene rings is 1. The molecular formula is C14H15N3O3. The van der Waals surface area contributed by atoms with Gasteiger partial charge in [-0.2, -0.15) is 0 Å². The number of fused-ring (bicyclic) bond motifs is 1. The number of aromatic amines is 2. The zero-order valence-electron chi connectivity index (χ0n) is 11.1. The summed E-state index contributed by atoms with van der Waals surface area (Å²) < 4.78 is 5.21. The molecule has 0 saturated heterocycles. The maximum absolute atomic E-state index is 12.5. The summed E-state index contributed by atoms with van der Waals surface area (Å²) in [6.07, 6.45) is 0.648. The van der Waals surface area contributed by atoms with Gasteiger partial charge in [0.25, 0.3) is 11.5 Å². The number of para-hydroxylation sites is 1. The van der Waals surface area contributed by atoms with Crippen LogP contribution in [-0.4, -0.2) is 34.7 Å². The molecule has 6 heteroatoms. The molecule has 104 valence electrons. The molecule has 0 radical (unpaired) electrons. The maximum atomic E-state index is 12.5. The standard InChI is InChI=1S/C14H15N3O3/c1-20-12-5-3-2-4-9(12)14(19)17-7-6-11-10(8-17)13(18)16-15-11/h2-5H,6-8H2,1H3,(H2,15,16,18). The first-order valence-electron chi connectivity index (χ1n) is 6.41. The normalized spacial score (nSPS) is 13.9. The second-order valence-electron chi connectivity index (χ2n) is 4.71. The fourth-order valence-electron chi connectivity index (χ4n) is 2.48. The van der Waals surface area contributed by atoms with Crippen molar-refractivity contribution in [3.63, 3.8) is 0 Å². The highest BCUT2D eigenvalue weighted by Gasteiger charge is 2.26. The Kier molecular flexibility index (Phi) is 3.06. The lowest BCUT2D eigenvalue weighted by atomic mass is 10.1. The van der Waals surface area contributed by atoms with Gasteiger partial charge in [-0.1, -0.05) is 12.1 Å². The molecule has 1 aliphatic rings. The molecule has 0 aliphatic carbocycles. The first kappa shape index (κ1) is 12.5. The van der Waals surface area contributed by atoms with Crippen LogP contribution in [0.4, 0.5) is 0 Å². The number of ether oxygens (including phenoxy) is 1. The molecular weight excluding hydrogens is 258 g/mol. The van der Waals surface area contributed by atoms with Gasteiger partial charge in [-0.3, -0.25) is 14.7 Å². The summed E-state index contributed by atoms with van der Waals surface area (Å²) in [6, 6.07) is 7.11. The third-order valence-electron chi connectivity index (χ3n) is 3.57. The molecule has 0 fully saturated rings. The van der Waals surface area contributed by atoms with E-state index < -0.39 is 0 Å². The smallest absolute Gasteiger partial charge is 0.269 e. The predicted octanol–water partition coefficient (Wildman–Crippen LogP) is 0.910. The lowest BCUT2D eigenvalue weighted by Gasteiger charge is -2.26. The minimum atomic E-state index is -0.155. The number of nitrogens with one attached hydrogen (secondary N) is 2. The van der Waals surface area contributed by atoms with E-state index in [9.17, 15) is 9.59 Å². The summed E-state index contributed by atoms with van der Waals surface area (Å²) in [6.45, 7) is 0.905. The molecule has 2 heterocycles. The number of methoxy groups -OCH3 is 1. The summed E-state index contributed by atoms with van der Waals surface area (Å²) >= 11 is 0. The largest absolute Gasteiger partial charge is 0.496 e. The topological polar surface area (TPSA) is 78.2 Å². The van der Waals surface area contributed by atoms with Gasteiger partial charge >= 0.3 is 0 Å².